The van der Waals surface area contributed by atoms with Gasteiger partial charge in [-0.1, -0.05) is 13.8 Å². The molecular weight excluding hydrogens is 260 g/mol. The van der Waals surface area contributed by atoms with E-state index in [1.807, 2.05) is 13.8 Å². The van der Waals surface area contributed by atoms with Crippen LogP contribution in [-0.2, 0) is 9.59 Å². The van der Waals surface area contributed by atoms with Crippen molar-refractivity contribution in [3.05, 3.63) is 11.3 Å². The van der Waals surface area contributed by atoms with Crippen LogP contribution >= 0.6 is 0 Å². The molecule has 0 amide bonds. The van der Waals surface area contributed by atoms with Gasteiger partial charge in [-0.05, 0) is 19.4 Å². The molecule has 3 N–H and O–H groups in total. The van der Waals surface area contributed by atoms with E-state index in [9.17, 15) is 14.7 Å². The Labute approximate surface area is 118 Å². The van der Waals surface area contributed by atoms with Crippen LogP contribution in [0.15, 0.2) is 16.3 Å². The second kappa shape index (κ2) is 6.17. The Morgan fingerprint density at radius 3 is 2.50 bits per heavy atom. The van der Waals surface area contributed by atoms with Crippen molar-refractivity contribution in [2.75, 3.05) is 13.6 Å². The number of aliphatic imine (C=N–C) groups is 1. The van der Waals surface area contributed by atoms with E-state index >= 15 is 0 Å². The molecule has 0 aromatic carbocycles. The normalized spacial score (nSPS) is 21.0. The molecule has 0 heterocycles. The van der Waals surface area contributed by atoms with Crippen LogP contribution in [0.5, 0.6) is 0 Å². The molecule has 112 valence electrons. The van der Waals surface area contributed by atoms with E-state index in [1.165, 1.54) is 7.05 Å². The van der Waals surface area contributed by atoms with E-state index in [0.717, 1.165) is 0 Å². The van der Waals surface area contributed by atoms with Crippen molar-refractivity contribution >= 4 is 17.5 Å². The number of aliphatic hydroxyl groups excluding tert-OH is 1. The summed E-state index contributed by atoms with van der Waals surface area (Å²) in [6, 6.07) is -0.803. The van der Waals surface area contributed by atoms with Gasteiger partial charge in [0.25, 0.3) is 0 Å². The smallest absolute Gasteiger partial charge is 0.322 e. The molecule has 6 heteroatoms. The second-order valence-corrected chi connectivity index (χ2v) is 5.87. The molecule has 1 aliphatic rings. The molecule has 6 nitrogen and oxygen atoms in total. The first-order valence-electron chi connectivity index (χ1n) is 6.55. The minimum absolute atomic E-state index is 0.0190. The summed E-state index contributed by atoms with van der Waals surface area (Å²) in [4.78, 5) is 27.1. The zero-order chi connectivity index (χ0) is 15.5. The van der Waals surface area contributed by atoms with Gasteiger partial charge in [-0.2, -0.15) is 0 Å². The minimum Gasteiger partial charge on any atom is -0.511 e. The summed E-state index contributed by atoms with van der Waals surface area (Å²) in [6.07, 6.45) is 0.781. The van der Waals surface area contributed by atoms with Crippen molar-refractivity contribution in [2.24, 2.45) is 10.4 Å². The third-order valence-electron chi connectivity index (χ3n) is 3.37. The van der Waals surface area contributed by atoms with E-state index in [2.05, 4.69) is 10.3 Å². The van der Waals surface area contributed by atoms with Gasteiger partial charge >= 0.3 is 5.97 Å². The number of nitrogens with one attached hydrogen (secondary N) is 1. The number of hydrogen-bond donors (Lipinski definition) is 3. The fourth-order valence-electron chi connectivity index (χ4n) is 2.30. The standard InChI is InChI=1S/C14H22N2O4/c1-8(16-7-9(15-4)13(19)20)12-10(17)5-14(2,3)6-11(12)18/h9,15,17H,5-7H2,1-4H3,(H,19,20)/t9-/m0/s1. The number of nitrogens with zero attached hydrogens (tertiary/aromatic N) is 1. The minimum atomic E-state index is -1.00. The largest absolute Gasteiger partial charge is 0.511 e. The number of rotatable bonds is 5. The van der Waals surface area contributed by atoms with E-state index < -0.39 is 12.0 Å². The van der Waals surface area contributed by atoms with Crippen LogP contribution in [0.3, 0.4) is 0 Å². The number of carboxylic acid groups (broad SMARTS) is 1. The number of aliphatic hydroxyl groups is 1. The van der Waals surface area contributed by atoms with Crippen LogP contribution in [-0.4, -0.2) is 47.3 Å². The van der Waals surface area contributed by atoms with Crippen LogP contribution in [0.1, 0.15) is 33.6 Å². The van der Waals surface area contributed by atoms with Crippen LogP contribution in [0, 0.1) is 5.41 Å². The molecule has 1 rings (SSSR count). The Balaban J connectivity index is 2.93. The van der Waals surface area contributed by atoms with Gasteiger partial charge < -0.3 is 15.5 Å². The monoisotopic (exact) mass is 282 g/mol. The molecule has 1 atom stereocenters. The number of ketones is 1. The Bertz CT molecular complexity index is 478. The number of carboxylic acids is 1. The van der Waals surface area contributed by atoms with Crippen LogP contribution < -0.4 is 5.32 Å². The Kier molecular flexibility index (Phi) is 5.05. The Hall–Kier alpha value is -1.69. The van der Waals surface area contributed by atoms with Crippen LogP contribution in [0.4, 0.5) is 0 Å². The summed E-state index contributed by atoms with van der Waals surface area (Å²) in [5.41, 5.74) is 0.383. The highest BCUT2D eigenvalue weighted by molar-refractivity contribution is 6.22. The van der Waals surface area contributed by atoms with Crippen LogP contribution in [0.2, 0.25) is 0 Å². The molecule has 0 fully saturated rings. The van der Waals surface area contributed by atoms with Crippen molar-refractivity contribution in [3.63, 3.8) is 0 Å². The molecule has 1 aliphatic carbocycles. The van der Waals surface area contributed by atoms with Crippen molar-refractivity contribution in [2.45, 2.75) is 39.7 Å². The molecule has 0 saturated heterocycles. The molecule has 0 bridgehead atoms. The van der Waals surface area contributed by atoms with E-state index in [-0.39, 0.29) is 29.1 Å². The third kappa shape index (κ3) is 3.90. The summed E-state index contributed by atoms with van der Waals surface area (Å²) in [7, 11) is 1.54. The number of aliphatic carboxylic acids is 1. The van der Waals surface area contributed by atoms with Gasteiger partial charge in [0.05, 0.1) is 12.1 Å². The number of allylic oxidation sites excluding steroid dienone is 2. The maximum absolute atomic E-state index is 12.1. The van der Waals surface area contributed by atoms with Crippen LogP contribution in [0.25, 0.3) is 0 Å². The van der Waals surface area contributed by atoms with Gasteiger partial charge in [0.15, 0.2) is 5.78 Å². The van der Waals surface area contributed by atoms with Crippen molar-refractivity contribution in [1.82, 2.24) is 5.32 Å². The average Bonchev–Trinajstić information content (AvgIpc) is 2.26. The fourth-order valence-corrected chi connectivity index (χ4v) is 2.30. The molecule has 0 radical (unpaired) electrons. The molecule has 0 aromatic rings. The number of Topliss-reactive ketones (excluding diaryl/α,β-unsaturated/α-hetero) is 1. The zero-order valence-corrected chi connectivity index (χ0v) is 12.4. The number of hydrogen-bond acceptors (Lipinski definition) is 5. The highest BCUT2D eigenvalue weighted by atomic mass is 16.4. The van der Waals surface area contributed by atoms with Gasteiger partial charge in [0.2, 0.25) is 0 Å². The van der Waals surface area contributed by atoms with E-state index in [1.54, 1.807) is 6.92 Å². The molecule has 0 aromatic heterocycles. The molecule has 0 spiro atoms. The Morgan fingerprint density at radius 1 is 1.45 bits per heavy atom. The van der Waals surface area contributed by atoms with E-state index in [4.69, 9.17) is 5.11 Å². The number of carbonyl (C=O) groups excluding carboxylic acids is 1. The SMILES string of the molecule is CN[C@@H](CN=C(C)C1=C(O)CC(C)(C)CC1=O)C(=O)O. The van der Waals surface area contributed by atoms with Gasteiger partial charge in [0.1, 0.15) is 11.8 Å². The van der Waals surface area contributed by atoms with Crippen molar-refractivity contribution < 1.29 is 19.8 Å². The van der Waals surface area contributed by atoms with Gasteiger partial charge in [-0.15, -0.1) is 0 Å². The zero-order valence-electron chi connectivity index (χ0n) is 12.4. The number of carbonyl (C=O) groups is 2. The van der Waals surface area contributed by atoms with E-state index in [0.29, 0.717) is 18.6 Å². The molecule has 20 heavy (non-hydrogen) atoms. The summed E-state index contributed by atoms with van der Waals surface area (Å²) >= 11 is 0. The summed E-state index contributed by atoms with van der Waals surface area (Å²) in [5.74, 6) is -1.10. The second-order valence-electron chi connectivity index (χ2n) is 5.87. The van der Waals surface area contributed by atoms with Gasteiger partial charge in [-0.3, -0.25) is 14.6 Å². The quantitative estimate of drug-likeness (QED) is 0.660. The lowest BCUT2D eigenvalue weighted by Gasteiger charge is -2.29. The Morgan fingerprint density at radius 2 is 2.05 bits per heavy atom. The molecule has 0 saturated carbocycles. The molecule has 0 aliphatic heterocycles. The number of likely N-dealkylation sites (N-methyl/N-ethyl adjacent to an activating group) is 1. The highest BCUT2D eigenvalue weighted by Crippen LogP contribution is 2.36. The lowest BCUT2D eigenvalue weighted by atomic mass is 9.76. The first-order valence-corrected chi connectivity index (χ1v) is 6.55. The third-order valence-corrected chi connectivity index (χ3v) is 3.37. The lowest BCUT2D eigenvalue weighted by molar-refractivity contribution is -0.139. The predicted octanol–water partition coefficient (Wildman–Crippen LogP) is 1.32. The average molecular weight is 282 g/mol. The van der Waals surface area contributed by atoms with Crippen molar-refractivity contribution in [3.8, 4) is 0 Å². The first-order chi connectivity index (χ1) is 9.18. The molecular formula is C14H22N2O4. The highest BCUT2D eigenvalue weighted by Gasteiger charge is 2.34. The fraction of sp³-hybridized carbons (Fsp3) is 0.643. The topological polar surface area (TPSA) is 99.0 Å². The first kappa shape index (κ1) is 16.4. The molecule has 0 unspecified atom stereocenters. The van der Waals surface area contributed by atoms with Gasteiger partial charge in [0, 0.05) is 18.6 Å². The summed E-state index contributed by atoms with van der Waals surface area (Å²) in [6.45, 7) is 5.49. The van der Waals surface area contributed by atoms with Crippen molar-refractivity contribution in [1.29, 1.82) is 0 Å². The van der Waals surface area contributed by atoms with Gasteiger partial charge in [-0.25, -0.2) is 0 Å². The maximum atomic E-state index is 12.1. The predicted molar refractivity (Wildman–Crippen MR) is 76.1 cm³/mol. The maximum Gasteiger partial charge on any atom is 0.322 e. The lowest BCUT2D eigenvalue weighted by Crippen LogP contribution is -2.37. The summed E-state index contributed by atoms with van der Waals surface area (Å²) < 4.78 is 0. The summed E-state index contributed by atoms with van der Waals surface area (Å²) in [5, 5.41) is 21.6.